The summed E-state index contributed by atoms with van der Waals surface area (Å²) in [7, 11) is 1.73. The third-order valence-corrected chi connectivity index (χ3v) is 1.84. The van der Waals surface area contributed by atoms with Gasteiger partial charge in [0.05, 0.1) is 6.20 Å². The van der Waals surface area contributed by atoms with Crippen molar-refractivity contribution < 1.29 is 5.11 Å². The van der Waals surface area contributed by atoms with Gasteiger partial charge in [-0.25, -0.2) is 0 Å². The van der Waals surface area contributed by atoms with E-state index >= 15 is 0 Å². The Morgan fingerprint density at radius 1 is 1.73 bits per heavy atom. The maximum Gasteiger partial charge on any atom is 0.114 e. The molecule has 0 radical (unpaired) electrons. The highest BCUT2D eigenvalue weighted by atomic mass is 16.3. The maximum absolute atomic E-state index is 9.69. The lowest BCUT2D eigenvalue weighted by atomic mass is 10.0. The first-order valence-corrected chi connectivity index (χ1v) is 3.65. The summed E-state index contributed by atoms with van der Waals surface area (Å²) in [6.45, 7) is 3.64. The van der Waals surface area contributed by atoms with E-state index in [1.807, 2.05) is 6.92 Å². The number of hydrogen-bond donors (Lipinski definition) is 1. The number of hydrogen-bond acceptors (Lipinski definition) is 3. The van der Waals surface area contributed by atoms with Crippen LogP contribution in [-0.4, -0.2) is 20.1 Å². The van der Waals surface area contributed by atoms with Gasteiger partial charge in [0, 0.05) is 7.05 Å². The second-order valence-electron chi connectivity index (χ2n) is 2.85. The van der Waals surface area contributed by atoms with Crippen LogP contribution in [0.3, 0.4) is 0 Å². The predicted molar refractivity (Wildman–Crippen MR) is 40.9 cm³/mol. The van der Waals surface area contributed by atoms with E-state index in [-0.39, 0.29) is 0 Å². The van der Waals surface area contributed by atoms with Crippen LogP contribution in [0.4, 0.5) is 0 Å². The molecule has 0 saturated carbocycles. The van der Waals surface area contributed by atoms with Crippen molar-refractivity contribution in [1.29, 1.82) is 0 Å². The highest BCUT2D eigenvalue weighted by Crippen LogP contribution is 2.20. The molecule has 0 aliphatic carbocycles. The molecule has 4 heteroatoms. The van der Waals surface area contributed by atoms with Crippen molar-refractivity contribution in [2.24, 2.45) is 7.05 Å². The molecule has 0 aromatic carbocycles. The number of aryl methyl sites for hydroxylation is 1. The standard InChI is InChI=1S/C7H13N3O/c1-4-7(2,11)6-5-8-10(3)9-6/h5,11H,4H2,1-3H3. The third kappa shape index (κ3) is 1.57. The minimum atomic E-state index is -0.839. The van der Waals surface area contributed by atoms with Crippen molar-refractivity contribution >= 4 is 0 Å². The SMILES string of the molecule is CCC(C)(O)c1cnn(C)n1. The number of aliphatic hydroxyl groups is 1. The van der Waals surface area contributed by atoms with E-state index in [0.717, 1.165) is 0 Å². The molecule has 1 heterocycles. The third-order valence-electron chi connectivity index (χ3n) is 1.84. The summed E-state index contributed by atoms with van der Waals surface area (Å²) in [6.07, 6.45) is 2.23. The Labute approximate surface area is 65.8 Å². The molecule has 1 rings (SSSR count). The Morgan fingerprint density at radius 2 is 2.36 bits per heavy atom. The fourth-order valence-corrected chi connectivity index (χ4v) is 0.774. The van der Waals surface area contributed by atoms with E-state index in [9.17, 15) is 5.11 Å². The van der Waals surface area contributed by atoms with Crippen molar-refractivity contribution in [2.75, 3.05) is 0 Å². The lowest BCUT2D eigenvalue weighted by molar-refractivity contribution is 0.0479. The Kier molecular flexibility index (Phi) is 1.95. The number of aromatic nitrogens is 3. The molecule has 11 heavy (non-hydrogen) atoms. The van der Waals surface area contributed by atoms with Crippen LogP contribution in [0.25, 0.3) is 0 Å². The van der Waals surface area contributed by atoms with Crippen molar-refractivity contribution in [1.82, 2.24) is 15.0 Å². The Balaban J connectivity index is 2.92. The van der Waals surface area contributed by atoms with E-state index in [2.05, 4.69) is 10.2 Å². The first-order chi connectivity index (χ1) is 5.06. The van der Waals surface area contributed by atoms with Gasteiger partial charge in [-0.1, -0.05) is 6.92 Å². The topological polar surface area (TPSA) is 50.9 Å². The number of rotatable bonds is 2. The average Bonchev–Trinajstić information content (AvgIpc) is 2.36. The summed E-state index contributed by atoms with van der Waals surface area (Å²) in [5.41, 5.74) is -0.212. The van der Waals surface area contributed by atoms with Crippen LogP contribution in [0.1, 0.15) is 26.0 Å². The Morgan fingerprint density at radius 3 is 2.73 bits per heavy atom. The molecule has 1 N–H and O–H groups in total. The van der Waals surface area contributed by atoms with Crippen LogP contribution in [-0.2, 0) is 12.6 Å². The average molecular weight is 155 g/mol. The van der Waals surface area contributed by atoms with E-state index in [0.29, 0.717) is 12.1 Å². The van der Waals surface area contributed by atoms with Gasteiger partial charge in [-0.3, -0.25) is 0 Å². The van der Waals surface area contributed by atoms with Gasteiger partial charge in [0.2, 0.25) is 0 Å². The van der Waals surface area contributed by atoms with E-state index in [4.69, 9.17) is 0 Å². The molecule has 1 atom stereocenters. The van der Waals surface area contributed by atoms with Gasteiger partial charge in [-0.2, -0.15) is 15.0 Å². The second-order valence-corrected chi connectivity index (χ2v) is 2.85. The van der Waals surface area contributed by atoms with Gasteiger partial charge in [0.25, 0.3) is 0 Å². The largest absolute Gasteiger partial charge is 0.384 e. The molecule has 0 aliphatic heterocycles. The van der Waals surface area contributed by atoms with Gasteiger partial charge < -0.3 is 5.11 Å². The summed E-state index contributed by atoms with van der Waals surface area (Å²) >= 11 is 0. The molecular weight excluding hydrogens is 142 g/mol. The zero-order valence-corrected chi connectivity index (χ0v) is 7.07. The summed E-state index contributed by atoms with van der Waals surface area (Å²) in [5.74, 6) is 0. The monoisotopic (exact) mass is 155 g/mol. The van der Waals surface area contributed by atoms with Crippen LogP contribution < -0.4 is 0 Å². The fourth-order valence-electron chi connectivity index (χ4n) is 0.774. The molecule has 0 spiro atoms. The van der Waals surface area contributed by atoms with Crippen LogP contribution in [0.2, 0.25) is 0 Å². The van der Waals surface area contributed by atoms with Gasteiger partial charge in [0.15, 0.2) is 0 Å². The predicted octanol–water partition coefficient (Wildman–Crippen LogP) is 0.433. The highest BCUT2D eigenvalue weighted by Gasteiger charge is 2.23. The molecule has 0 saturated heterocycles. The van der Waals surface area contributed by atoms with Gasteiger partial charge >= 0.3 is 0 Å². The first-order valence-electron chi connectivity index (χ1n) is 3.65. The van der Waals surface area contributed by atoms with Crippen LogP contribution in [0.5, 0.6) is 0 Å². The Bertz CT molecular complexity index is 242. The first kappa shape index (κ1) is 8.20. The fraction of sp³-hybridized carbons (Fsp3) is 0.714. The molecule has 0 fully saturated rings. The molecular formula is C7H13N3O. The van der Waals surface area contributed by atoms with Crippen molar-refractivity contribution in [2.45, 2.75) is 25.9 Å². The normalized spacial score (nSPS) is 16.4. The van der Waals surface area contributed by atoms with Crippen molar-refractivity contribution in [3.8, 4) is 0 Å². The quantitative estimate of drug-likeness (QED) is 0.674. The summed E-state index contributed by atoms with van der Waals surface area (Å²) in [5, 5.41) is 17.6. The minimum absolute atomic E-state index is 0.627. The van der Waals surface area contributed by atoms with Crippen LogP contribution >= 0.6 is 0 Å². The number of nitrogens with zero attached hydrogens (tertiary/aromatic N) is 3. The zero-order chi connectivity index (χ0) is 8.48. The second kappa shape index (κ2) is 2.62. The van der Waals surface area contributed by atoms with Crippen molar-refractivity contribution in [3.05, 3.63) is 11.9 Å². The Hall–Kier alpha value is -0.900. The summed E-state index contributed by atoms with van der Waals surface area (Å²) in [6, 6.07) is 0. The van der Waals surface area contributed by atoms with Gasteiger partial charge in [-0.15, -0.1) is 0 Å². The molecule has 0 aliphatic rings. The molecule has 0 amide bonds. The minimum Gasteiger partial charge on any atom is -0.384 e. The molecule has 4 nitrogen and oxygen atoms in total. The van der Waals surface area contributed by atoms with Crippen LogP contribution in [0, 0.1) is 0 Å². The maximum atomic E-state index is 9.69. The van der Waals surface area contributed by atoms with Gasteiger partial charge in [-0.05, 0) is 13.3 Å². The lowest BCUT2D eigenvalue weighted by Gasteiger charge is -2.16. The van der Waals surface area contributed by atoms with E-state index < -0.39 is 5.60 Å². The molecule has 1 aromatic heterocycles. The molecule has 62 valence electrons. The summed E-state index contributed by atoms with van der Waals surface area (Å²) in [4.78, 5) is 1.44. The van der Waals surface area contributed by atoms with E-state index in [1.54, 1.807) is 20.2 Å². The highest BCUT2D eigenvalue weighted by molar-refractivity contribution is 5.03. The lowest BCUT2D eigenvalue weighted by Crippen LogP contribution is -2.20. The van der Waals surface area contributed by atoms with E-state index in [1.165, 1.54) is 4.80 Å². The van der Waals surface area contributed by atoms with Crippen molar-refractivity contribution in [3.63, 3.8) is 0 Å². The summed E-state index contributed by atoms with van der Waals surface area (Å²) < 4.78 is 0. The zero-order valence-electron chi connectivity index (χ0n) is 7.07. The molecule has 1 unspecified atom stereocenters. The molecule has 0 bridgehead atoms. The smallest absolute Gasteiger partial charge is 0.114 e. The van der Waals surface area contributed by atoms with Gasteiger partial charge in [0.1, 0.15) is 11.3 Å². The van der Waals surface area contributed by atoms with Crippen LogP contribution in [0.15, 0.2) is 6.20 Å². The molecule has 1 aromatic rings.